The van der Waals surface area contributed by atoms with Crippen molar-refractivity contribution in [3.05, 3.63) is 24.0 Å². The number of rotatable bonds is 5. The Morgan fingerprint density at radius 3 is 2.75 bits per heavy atom. The molecule has 16 heavy (non-hydrogen) atoms. The third kappa shape index (κ3) is 2.53. The fourth-order valence-corrected chi connectivity index (χ4v) is 2.09. The smallest absolute Gasteiger partial charge is 0.138 e. The molecule has 88 valence electrons. The summed E-state index contributed by atoms with van der Waals surface area (Å²) in [5, 5.41) is 3.19. The van der Waals surface area contributed by atoms with Crippen molar-refractivity contribution >= 4 is 0 Å². The Morgan fingerprint density at radius 2 is 2.25 bits per heavy atom. The maximum absolute atomic E-state index is 6.09. The zero-order valence-electron chi connectivity index (χ0n) is 10.1. The Kier molecular flexibility index (Phi) is 3.44. The molecule has 0 amide bonds. The molecular formula is C13H20N2O. The van der Waals surface area contributed by atoms with E-state index in [1.54, 1.807) is 0 Å². The first-order valence-corrected chi connectivity index (χ1v) is 6.00. The molecule has 0 spiro atoms. The van der Waals surface area contributed by atoms with E-state index >= 15 is 0 Å². The predicted octanol–water partition coefficient (Wildman–Crippen LogP) is 2.30. The van der Waals surface area contributed by atoms with Crippen LogP contribution in [0, 0.1) is 6.92 Å². The van der Waals surface area contributed by atoms with E-state index in [9.17, 15) is 0 Å². The monoisotopic (exact) mass is 220 g/mol. The zero-order chi connectivity index (χ0) is 11.4. The normalized spacial score (nSPS) is 17.9. The van der Waals surface area contributed by atoms with E-state index in [1.807, 2.05) is 32.3 Å². The molecule has 1 heterocycles. The molecule has 0 atom stereocenters. The van der Waals surface area contributed by atoms with Crippen molar-refractivity contribution in [1.29, 1.82) is 0 Å². The van der Waals surface area contributed by atoms with Crippen molar-refractivity contribution in [3.63, 3.8) is 0 Å². The molecule has 0 radical (unpaired) electrons. The van der Waals surface area contributed by atoms with Gasteiger partial charge < -0.3 is 10.1 Å². The third-order valence-corrected chi connectivity index (χ3v) is 3.31. The quantitative estimate of drug-likeness (QED) is 0.826. The Bertz CT molecular complexity index is 330. The molecule has 0 saturated heterocycles. The molecule has 0 bridgehead atoms. The van der Waals surface area contributed by atoms with Gasteiger partial charge in [-0.25, -0.2) is 0 Å². The Hall–Kier alpha value is -1.09. The number of hydrogen-bond acceptors (Lipinski definition) is 3. The fraction of sp³-hybridized carbons (Fsp3) is 0.615. The van der Waals surface area contributed by atoms with Crippen LogP contribution in [-0.4, -0.2) is 24.2 Å². The van der Waals surface area contributed by atoms with Crippen molar-refractivity contribution in [2.24, 2.45) is 0 Å². The number of hydrogen-bond donors (Lipinski definition) is 1. The molecule has 0 aromatic carbocycles. The highest BCUT2D eigenvalue weighted by atomic mass is 16.5. The van der Waals surface area contributed by atoms with Crippen LogP contribution >= 0.6 is 0 Å². The molecule has 0 unspecified atom stereocenters. The molecule has 1 saturated carbocycles. The summed E-state index contributed by atoms with van der Waals surface area (Å²) < 4.78 is 6.09. The number of ether oxygens (including phenoxy) is 1. The van der Waals surface area contributed by atoms with Crippen molar-refractivity contribution in [1.82, 2.24) is 10.3 Å². The van der Waals surface area contributed by atoms with Gasteiger partial charge >= 0.3 is 0 Å². The summed E-state index contributed by atoms with van der Waals surface area (Å²) in [7, 11) is 1.99. The summed E-state index contributed by atoms with van der Waals surface area (Å²) in [5.74, 6) is 0.904. The second kappa shape index (κ2) is 4.83. The molecule has 1 aliphatic rings. The van der Waals surface area contributed by atoms with Crippen molar-refractivity contribution in [2.75, 3.05) is 13.6 Å². The van der Waals surface area contributed by atoms with E-state index in [1.165, 1.54) is 19.3 Å². The van der Waals surface area contributed by atoms with Gasteiger partial charge in [-0.05, 0) is 58.3 Å². The van der Waals surface area contributed by atoms with Gasteiger partial charge in [0.25, 0.3) is 0 Å². The molecule has 1 aromatic heterocycles. The lowest BCUT2D eigenvalue weighted by Gasteiger charge is -2.42. The van der Waals surface area contributed by atoms with Crippen molar-refractivity contribution < 1.29 is 4.74 Å². The maximum Gasteiger partial charge on any atom is 0.138 e. The topological polar surface area (TPSA) is 34.1 Å². The second-order valence-electron chi connectivity index (χ2n) is 4.63. The van der Waals surface area contributed by atoms with Gasteiger partial charge in [-0.3, -0.25) is 4.98 Å². The van der Waals surface area contributed by atoms with Crippen LogP contribution in [0.2, 0.25) is 0 Å². The Labute approximate surface area is 97.2 Å². The van der Waals surface area contributed by atoms with Gasteiger partial charge in [0.1, 0.15) is 11.4 Å². The highest BCUT2D eigenvalue weighted by molar-refractivity contribution is 5.20. The van der Waals surface area contributed by atoms with E-state index < -0.39 is 0 Å². The predicted molar refractivity (Wildman–Crippen MR) is 64.7 cm³/mol. The van der Waals surface area contributed by atoms with Gasteiger partial charge in [-0.2, -0.15) is 0 Å². The van der Waals surface area contributed by atoms with Gasteiger partial charge in [-0.15, -0.1) is 0 Å². The minimum atomic E-state index is 0.0694. The van der Waals surface area contributed by atoms with E-state index in [0.29, 0.717) is 0 Å². The summed E-state index contributed by atoms with van der Waals surface area (Å²) in [6, 6.07) is 4.02. The molecule has 1 aliphatic carbocycles. The average Bonchev–Trinajstić information content (AvgIpc) is 2.25. The van der Waals surface area contributed by atoms with Gasteiger partial charge in [-0.1, -0.05) is 0 Å². The van der Waals surface area contributed by atoms with Crippen molar-refractivity contribution in [2.45, 2.75) is 38.2 Å². The molecule has 3 heteroatoms. The third-order valence-electron chi connectivity index (χ3n) is 3.31. The molecule has 1 aromatic rings. The first-order chi connectivity index (χ1) is 7.74. The largest absolute Gasteiger partial charge is 0.486 e. The van der Waals surface area contributed by atoms with Crippen LogP contribution in [0.1, 0.15) is 31.4 Å². The minimum Gasteiger partial charge on any atom is -0.486 e. The molecule has 2 rings (SSSR count). The standard InChI is InChI=1S/C13H20N2O/c1-11-4-5-12(10-15-11)16-13(6-3-7-13)8-9-14-2/h4-5,10,14H,3,6-9H2,1-2H3. The van der Waals surface area contributed by atoms with Crippen molar-refractivity contribution in [3.8, 4) is 5.75 Å². The summed E-state index contributed by atoms with van der Waals surface area (Å²) in [6.45, 7) is 3.00. The van der Waals surface area contributed by atoms with Gasteiger partial charge in [0.15, 0.2) is 0 Å². The van der Waals surface area contributed by atoms with Crippen LogP contribution in [0.3, 0.4) is 0 Å². The van der Waals surface area contributed by atoms with Crippen LogP contribution in [0.4, 0.5) is 0 Å². The maximum atomic E-state index is 6.09. The van der Waals surface area contributed by atoms with Gasteiger partial charge in [0, 0.05) is 5.69 Å². The first-order valence-electron chi connectivity index (χ1n) is 6.00. The van der Waals surface area contributed by atoms with E-state index in [2.05, 4.69) is 10.3 Å². The van der Waals surface area contributed by atoms with Crippen LogP contribution in [0.5, 0.6) is 5.75 Å². The summed E-state index contributed by atoms with van der Waals surface area (Å²) in [6.07, 6.45) is 6.53. The van der Waals surface area contributed by atoms with Crippen LogP contribution in [-0.2, 0) is 0 Å². The molecule has 3 nitrogen and oxygen atoms in total. The van der Waals surface area contributed by atoms with Crippen LogP contribution in [0.25, 0.3) is 0 Å². The highest BCUT2D eigenvalue weighted by Crippen LogP contribution is 2.38. The van der Waals surface area contributed by atoms with Crippen LogP contribution < -0.4 is 10.1 Å². The average molecular weight is 220 g/mol. The van der Waals surface area contributed by atoms with Crippen LogP contribution in [0.15, 0.2) is 18.3 Å². The first kappa shape index (κ1) is 11.4. The lowest BCUT2D eigenvalue weighted by atomic mass is 9.77. The molecule has 0 aliphatic heterocycles. The summed E-state index contributed by atoms with van der Waals surface area (Å²) >= 11 is 0. The zero-order valence-corrected chi connectivity index (χ0v) is 10.1. The summed E-state index contributed by atoms with van der Waals surface area (Å²) in [5.41, 5.74) is 1.10. The Morgan fingerprint density at radius 1 is 1.44 bits per heavy atom. The number of nitrogens with one attached hydrogen (secondary N) is 1. The Balaban J connectivity index is 1.98. The lowest BCUT2D eigenvalue weighted by Crippen LogP contribution is -2.45. The summed E-state index contributed by atoms with van der Waals surface area (Å²) in [4.78, 5) is 4.26. The minimum absolute atomic E-state index is 0.0694. The fourth-order valence-electron chi connectivity index (χ4n) is 2.09. The number of nitrogens with zero attached hydrogens (tertiary/aromatic N) is 1. The number of aryl methyl sites for hydroxylation is 1. The number of aromatic nitrogens is 1. The SMILES string of the molecule is CNCCC1(Oc2ccc(C)nc2)CCC1. The number of pyridine rings is 1. The van der Waals surface area contributed by atoms with Gasteiger partial charge in [0.05, 0.1) is 6.20 Å². The van der Waals surface area contributed by atoms with E-state index in [4.69, 9.17) is 4.74 Å². The van der Waals surface area contributed by atoms with Gasteiger partial charge in [0.2, 0.25) is 0 Å². The molecule has 1 N–H and O–H groups in total. The highest BCUT2D eigenvalue weighted by Gasteiger charge is 2.38. The molecular weight excluding hydrogens is 200 g/mol. The van der Waals surface area contributed by atoms with E-state index in [-0.39, 0.29) is 5.60 Å². The second-order valence-corrected chi connectivity index (χ2v) is 4.63. The van der Waals surface area contributed by atoms with E-state index in [0.717, 1.165) is 24.4 Å². The molecule has 1 fully saturated rings. The lowest BCUT2D eigenvalue weighted by molar-refractivity contribution is -0.0141.